The Bertz CT molecular complexity index is 258. The van der Waals surface area contributed by atoms with E-state index in [1.807, 2.05) is 0 Å². The van der Waals surface area contributed by atoms with E-state index in [9.17, 15) is 13.2 Å². The van der Waals surface area contributed by atoms with E-state index in [2.05, 4.69) is 26.1 Å². The van der Waals surface area contributed by atoms with Gasteiger partial charge >= 0.3 is 6.18 Å². The zero-order valence-electron chi connectivity index (χ0n) is 11.8. The first kappa shape index (κ1) is 15.8. The molecule has 0 bridgehead atoms. The van der Waals surface area contributed by atoms with E-state index in [1.54, 1.807) is 11.8 Å². The van der Waals surface area contributed by atoms with Gasteiger partial charge < -0.3 is 5.32 Å². The number of hydrogen-bond acceptors (Lipinski definition) is 2. The largest absolute Gasteiger partial charge is 0.401 e. The standard InChI is InChI=1S/C13H25F3N2/c1-5-18(9-13(14,15)16)11-7-6-10(11)8-17-12(2,3)4/h10-11,17H,5-9H2,1-4H3. The predicted octanol–water partition coefficient (Wildman–Crippen LogP) is 3.04. The molecular formula is C13H25F3N2. The zero-order valence-corrected chi connectivity index (χ0v) is 11.8. The van der Waals surface area contributed by atoms with Crippen LogP contribution in [0.1, 0.15) is 40.5 Å². The van der Waals surface area contributed by atoms with Gasteiger partial charge in [0.2, 0.25) is 0 Å². The Morgan fingerprint density at radius 2 is 1.78 bits per heavy atom. The maximum atomic E-state index is 12.5. The van der Waals surface area contributed by atoms with Gasteiger partial charge in [0, 0.05) is 11.6 Å². The Balaban J connectivity index is 2.45. The fourth-order valence-corrected chi connectivity index (χ4v) is 2.40. The molecular weight excluding hydrogens is 241 g/mol. The van der Waals surface area contributed by atoms with Crippen LogP contribution in [0, 0.1) is 5.92 Å². The Morgan fingerprint density at radius 3 is 2.11 bits per heavy atom. The average molecular weight is 266 g/mol. The number of halogens is 3. The second-order valence-corrected chi connectivity index (χ2v) is 6.21. The maximum Gasteiger partial charge on any atom is 0.401 e. The highest BCUT2D eigenvalue weighted by atomic mass is 19.4. The molecule has 0 aromatic rings. The summed E-state index contributed by atoms with van der Waals surface area (Å²) in [6, 6.07) is 0.0893. The molecule has 0 aromatic carbocycles. The lowest BCUT2D eigenvalue weighted by molar-refractivity contribution is -0.157. The van der Waals surface area contributed by atoms with E-state index in [4.69, 9.17) is 0 Å². The molecule has 2 nitrogen and oxygen atoms in total. The first-order valence-electron chi connectivity index (χ1n) is 6.68. The van der Waals surface area contributed by atoms with Gasteiger partial charge in [-0.3, -0.25) is 4.90 Å². The summed E-state index contributed by atoms with van der Waals surface area (Å²) >= 11 is 0. The monoisotopic (exact) mass is 266 g/mol. The summed E-state index contributed by atoms with van der Waals surface area (Å²) < 4.78 is 37.4. The van der Waals surface area contributed by atoms with Crippen LogP contribution in [-0.4, -0.2) is 42.3 Å². The smallest absolute Gasteiger partial charge is 0.312 e. The van der Waals surface area contributed by atoms with Crippen LogP contribution in [0.3, 0.4) is 0 Å². The van der Waals surface area contributed by atoms with Crippen molar-refractivity contribution in [2.75, 3.05) is 19.6 Å². The van der Waals surface area contributed by atoms with Crippen molar-refractivity contribution in [2.45, 2.75) is 58.3 Å². The predicted molar refractivity (Wildman–Crippen MR) is 67.6 cm³/mol. The number of alkyl halides is 3. The van der Waals surface area contributed by atoms with Gasteiger partial charge in [0.05, 0.1) is 6.54 Å². The highest BCUT2D eigenvalue weighted by Gasteiger charge is 2.40. The van der Waals surface area contributed by atoms with Crippen LogP contribution < -0.4 is 5.32 Å². The Hall–Kier alpha value is -0.290. The van der Waals surface area contributed by atoms with Crippen LogP contribution in [-0.2, 0) is 0 Å². The lowest BCUT2D eigenvalue weighted by atomic mass is 9.78. The number of nitrogens with one attached hydrogen (secondary N) is 1. The van der Waals surface area contributed by atoms with Crippen LogP contribution >= 0.6 is 0 Å². The van der Waals surface area contributed by atoms with Crippen molar-refractivity contribution >= 4 is 0 Å². The molecule has 0 radical (unpaired) electrons. The molecule has 108 valence electrons. The molecule has 1 aliphatic carbocycles. The van der Waals surface area contributed by atoms with Crippen molar-refractivity contribution in [1.29, 1.82) is 0 Å². The minimum Gasteiger partial charge on any atom is -0.312 e. The minimum atomic E-state index is -4.09. The summed E-state index contributed by atoms with van der Waals surface area (Å²) in [7, 11) is 0. The van der Waals surface area contributed by atoms with E-state index in [1.165, 1.54) is 0 Å². The first-order chi connectivity index (χ1) is 8.12. The molecule has 0 aromatic heterocycles. The van der Waals surface area contributed by atoms with Crippen LogP contribution in [0.25, 0.3) is 0 Å². The maximum absolute atomic E-state index is 12.5. The topological polar surface area (TPSA) is 15.3 Å². The lowest BCUT2D eigenvalue weighted by Gasteiger charge is -2.45. The molecule has 2 atom stereocenters. The van der Waals surface area contributed by atoms with Crippen LogP contribution in [0.5, 0.6) is 0 Å². The second kappa shape index (κ2) is 5.78. The van der Waals surface area contributed by atoms with Gasteiger partial charge in [-0.25, -0.2) is 0 Å². The SMILES string of the molecule is CCN(CC(F)(F)F)C1CCC1CNC(C)(C)C. The summed E-state index contributed by atoms with van der Waals surface area (Å²) in [6.45, 7) is 8.53. The van der Waals surface area contributed by atoms with E-state index < -0.39 is 12.7 Å². The zero-order chi connectivity index (χ0) is 14.0. The third-order valence-electron chi connectivity index (χ3n) is 3.53. The summed E-state index contributed by atoms with van der Waals surface area (Å²) in [5.74, 6) is 0.353. The molecule has 0 spiro atoms. The fraction of sp³-hybridized carbons (Fsp3) is 1.00. The van der Waals surface area contributed by atoms with Gasteiger partial charge in [-0.15, -0.1) is 0 Å². The van der Waals surface area contributed by atoms with Crippen LogP contribution in [0.4, 0.5) is 13.2 Å². The van der Waals surface area contributed by atoms with Crippen molar-refractivity contribution in [3.63, 3.8) is 0 Å². The van der Waals surface area contributed by atoms with Gasteiger partial charge in [0.15, 0.2) is 0 Å². The summed E-state index contributed by atoms with van der Waals surface area (Å²) in [6.07, 6.45) is -2.17. The Labute approximate surface area is 108 Å². The third kappa shape index (κ3) is 5.14. The molecule has 5 heteroatoms. The summed E-state index contributed by atoms with van der Waals surface area (Å²) in [4.78, 5) is 1.57. The van der Waals surface area contributed by atoms with E-state index in [0.717, 1.165) is 19.4 Å². The molecule has 18 heavy (non-hydrogen) atoms. The number of rotatable bonds is 5. The molecule has 1 N–H and O–H groups in total. The molecule has 1 saturated carbocycles. The van der Waals surface area contributed by atoms with E-state index in [-0.39, 0.29) is 11.6 Å². The van der Waals surface area contributed by atoms with Crippen molar-refractivity contribution in [1.82, 2.24) is 10.2 Å². The average Bonchev–Trinajstić information content (AvgIpc) is 2.10. The van der Waals surface area contributed by atoms with Gasteiger partial charge in [-0.1, -0.05) is 6.92 Å². The van der Waals surface area contributed by atoms with E-state index in [0.29, 0.717) is 12.5 Å². The van der Waals surface area contributed by atoms with Gasteiger partial charge in [-0.05, 0) is 52.6 Å². The van der Waals surface area contributed by atoms with Gasteiger partial charge in [-0.2, -0.15) is 13.2 Å². The Kier molecular flexibility index (Phi) is 5.06. The molecule has 0 aliphatic heterocycles. The first-order valence-corrected chi connectivity index (χ1v) is 6.68. The molecule has 2 unspecified atom stereocenters. The molecule has 1 fully saturated rings. The van der Waals surface area contributed by atoms with Gasteiger partial charge in [0.25, 0.3) is 0 Å². The van der Waals surface area contributed by atoms with Crippen molar-refractivity contribution in [3.8, 4) is 0 Å². The molecule has 0 amide bonds. The fourth-order valence-electron chi connectivity index (χ4n) is 2.40. The quantitative estimate of drug-likeness (QED) is 0.823. The molecule has 0 saturated heterocycles. The lowest BCUT2D eigenvalue weighted by Crippen LogP contribution is -2.54. The minimum absolute atomic E-state index is 0.0290. The molecule has 1 rings (SSSR count). The van der Waals surface area contributed by atoms with Crippen LogP contribution in [0.15, 0.2) is 0 Å². The number of nitrogens with zero attached hydrogens (tertiary/aromatic N) is 1. The molecule has 1 aliphatic rings. The number of hydrogen-bond donors (Lipinski definition) is 1. The van der Waals surface area contributed by atoms with Gasteiger partial charge in [0.1, 0.15) is 0 Å². The summed E-state index contributed by atoms with van der Waals surface area (Å²) in [5, 5.41) is 3.39. The van der Waals surface area contributed by atoms with Crippen molar-refractivity contribution in [3.05, 3.63) is 0 Å². The molecule has 0 heterocycles. The Morgan fingerprint density at radius 1 is 1.17 bits per heavy atom. The van der Waals surface area contributed by atoms with Crippen molar-refractivity contribution in [2.24, 2.45) is 5.92 Å². The highest BCUT2D eigenvalue weighted by molar-refractivity contribution is 4.91. The van der Waals surface area contributed by atoms with E-state index >= 15 is 0 Å². The second-order valence-electron chi connectivity index (χ2n) is 6.21. The van der Waals surface area contributed by atoms with Crippen LogP contribution in [0.2, 0.25) is 0 Å². The van der Waals surface area contributed by atoms with Crippen molar-refractivity contribution < 1.29 is 13.2 Å². The summed E-state index contributed by atoms with van der Waals surface area (Å²) in [5.41, 5.74) is 0.0290. The normalized spacial score (nSPS) is 25.3. The highest BCUT2D eigenvalue weighted by Crippen LogP contribution is 2.33. The third-order valence-corrected chi connectivity index (χ3v) is 3.53.